The fourth-order valence-electron chi connectivity index (χ4n) is 2.99. The van der Waals surface area contributed by atoms with Gasteiger partial charge in [0.2, 0.25) is 0 Å². The number of carbonyl (C=O) groups is 1. The molecule has 0 unspecified atom stereocenters. The van der Waals surface area contributed by atoms with Crippen LogP contribution in [-0.2, 0) is 19.3 Å². The van der Waals surface area contributed by atoms with Gasteiger partial charge in [0.25, 0.3) is 0 Å². The van der Waals surface area contributed by atoms with Crippen LogP contribution in [-0.4, -0.2) is 10.9 Å². The van der Waals surface area contributed by atoms with E-state index < -0.39 is 29.0 Å². The average molecular weight is 416 g/mol. The summed E-state index contributed by atoms with van der Waals surface area (Å²) in [5, 5.41) is 10.2. The molecule has 0 aliphatic heterocycles. The second-order valence-electron chi connectivity index (χ2n) is 6.63. The summed E-state index contributed by atoms with van der Waals surface area (Å²) < 4.78 is 45.8. The van der Waals surface area contributed by atoms with Gasteiger partial charge in [-0.05, 0) is 36.1 Å². The van der Waals surface area contributed by atoms with Crippen LogP contribution in [0.5, 0.6) is 11.5 Å². The lowest BCUT2D eigenvalue weighted by Crippen LogP contribution is -2.23. The predicted molar refractivity (Wildman–Crippen MR) is 101 cm³/mol. The summed E-state index contributed by atoms with van der Waals surface area (Å²) >= 11 is 0. The monoisotopic (exact) mass is 415 g/mol. The molecular weight excluding hydrogens is 395 g/mol. The highest BCUT2D eigenvalue weighted by molar-refractivity contribution is 6.01. The summed E-state index contributed by atoms with van der Waals surface area (Å²) in [6.45, 7) is 0.257. The van der Waals surface area contributed by atoms with E-state index in [1.54, 1.807) is 24.3 Å². The number of phenols is 1. The Morgan fingerprint density at radius 2 is 1.71 bits per heavy atom. The second kappa shape index (κ2) is 8.84. The molecule has 3 rings (SSSR count). The lowest BCUT2D eigenvalue weighted by molar-refractivity contribution is -0.140. The van der Waals surface area contributed by atoms with Crippen molar-refractivity contribution >= 4 is 18.2 Å². The van der Waals surface area contributed by atoms with Crippen LogP contribution >= 0.6 is 12.4 Å². The van der Waals surface area contributed by atoms with Crippen LogP contribution in [0.15, 0.2) is 36.4 Å². The standard InChI is InChI=1S/C20H20F3NO3.ClH/c21-20(22,23)17-16(27-11-13-6-4-12(10-24)5-7-13)9-8-15(19(17)26)18(25)14-2-1-3-14;/h4-9,14,26H,1-3,10-11,24H2;1H. The number of Topliss-reactive ketones (excluding diaryl/α,β-unsaturated/α-hetero) is 1. The van der Waals surface area contributed by atoms with Crippen molar-refractivity contribution in [3.05, 3.63) is 58.7 Å². The van der Waals surface area contributed by atoms with Gasteiger partial charge in [-0.2, -0.15) is 13.2 Å². The zero-order valence-electron chi connectivity index (χ0n) is 15.0. The number of hydrogen-bond acceptors (Lipinski definition) is 4. The van der Waals surface area contributed by atoms with Crippen LogP contribution in [0.2, 0.25) is 0 Å². The molecular formula is C20H21ClF3NO3. The maximum absolute atomic E-state index is 13.5. The van der Waals surface area contributed by atoms with Gasteiger partial charge in [-0.15, -0.1) is 12.4 Å². The van der Waals surface area contributed by atoms with E-state index in [0.29, 0.717) is 24.9 Å². The van der Waals surface area contributed by atoms with E-state index in [2.05, 4.69) is 0 Å². The van der Waals surface area contributed by atoms with Crippen molar-refractivity contribution in [3.8, 4) is 11.5 Å². The normalized spacial score (nSPS) is 14.1. The van der Waals surface area contributed by atoms with E-state index in [9.17, 15) is 23.1 Å². The van der Waals surface area contributed by atoms with Gasteiger partial charge in [-0.25, -0.2) is 0 Å². The third-order valence-electron chi connectivity index (χ3n) is 4.82. The minimum atomic E-state index is -4.85. The van der Waals surface area contributed by atoms with E-state index in [4.69, 9.17) is 10.5 Å². The summed E-state index contributed by atoms with van der Waals surface area (Å²) in [6, 6.07) is 9.26. The Morgan fingerprint density at radius 1 is 1.11 bits per heavy atom. The first-order chi connectivity index (χ1) is 12.8. The molecule has 28 heavy (non-hydrogen) atoms. The molecule has 1 aliphatic rings. The van der Waals surface area contributed by atoms with Crippen molar-refractivity contribution in [2.24, 2.45) is 11.7 Å². The van der Waals surface area contributed by atoms with Gasteiger partial charge in [0.1, 0.15) is 23.7 Å². The number of ketones is 1. The summed E-state index contributed by atoms with van der Waals surface area (Å²) in [5.41, 5.74) is 5.45. The maximum atomic E-state index is 13.5. The number of aromatic hydroxyl groups is 1. The smallest absolute Gasteiger partial charge is 0.423 e. The Bertz CT molecular complexity index is 834. The van der Waals surface area contributed by atoms with Crippen LogP contribution in [0.3, 0.4) is 0 Å². The van der Waals surface area contributed by atoms with Gasteiger partial charge in [-0.1, -0.05) is 30.7 Å². The zero-order valence-corrected chi connectivity index (χ0v) is 15.8. The Kier molecular flexibility index (Phi) is 6.96. The van der Waals surface area contributed by atoms with E-state index in [-0.39, 0.29) is 30.5 Å². The lowest BCUT2D eigenvalue weighted by atomic mass is 9.79. The number of rotatable bonds is 6. The molecule has 4 nitrogen and oxygen atoms in total. The molecule has 3 N–H and O–H groups in total. The maximum Gasteiger partial charge on any atom is 0.423 e. The first-order valence-corrected chi connectivity index (χ1v) is 8.69. The summed E-state index contributed by atoms with van der Waals surface area (Å²) in [7, 11) is 0. The third-order valence-corrected chi connectivity index (χ3v) is 4.82. The van der Waals surface area contributed by atoms with Crippen molar-refractivity contribution in [1.82, 2.24) is 0 Å². The highest BCUT2D eigenvalue weighted by atomic mass is 35.5. The number of hydrogen-bond donors (Lipinski definition) is 2. The molecule has 0 spiro atoms. The molecule has 0 atom stereocenters. The number of nitrogens with two attached hydrogens (primary N) is 1. The van der Waals surface area contributed by atoms with E-state index in [1.807, 2.05) is 0 Å². The number of phenolic OH excluding ortho intramolecular Hbond substituents is 1. The number of carbonyl (C=O) groups excluding carboxylic acids is 1. The zero-order chi connectivity index (χ0) is 19.6. The summed E-state index contributed by atoms with van der Waals surface area (Å²) in [4.78, 5) is 12.3. The quantitative estimate of drug-likeness (QED) is 0.661. The van der Waals surface area contributed by atoms with Gasteiger partial charge in [0.15, 0.2) is 5.78 Å². The minimum absolute atomic E-state index is 0. The van der Waals surface area contributed by atoms with E-state index in [0.717, 1.165) is 18.1 Å². The fraction of sp³-hybridized carbons (Fsp3) is 0.350. The molecule has 2 aromatic carbocycles. The van der Waals surface area contributed by atoms with Gasteiger partial charge in [0, 0.05) is 12.5 Å². The van der Waals surface area contributed by atoms with Crippen LogP contribution in [0.1, 0.15) is 46.3 Å². The molecule has 1 aliphatic carbocycles. The number of ether oxygens (including phenoxy) is 1. The number of benzene rings is 2. The Hall–Kier alpha value is -2.25. The minimum Gasteiger partial charge on any atom is -0.506 e. The molecule has 8 heteroatoms. The van der Waals surface area contributed by atoms with Gasteiger partial charge in [-0.3, -0.25) is 4.79 Å². The first-order valence-electron chi connectivity index (χ1n) is 8.69. The van der Waals surface area contributed by atoms with E-state index in [1.165, 1.54) is 6.07 Å². The SMILES string of the molecule is Cl.NCc1ccc(COc2ccc(C(=O)C3CCC3)c(O)c2C(F)(F)F)cc1. The van der Waals surface area contributed by atoms with Gasteiger partial charge in [0.05, 0.1) is 5.56 Å². The third kappa shape index (κ3) is 4.59. The van der Waals surface area contributed by atoms with Crippen molar-refractivity contribution < 1.29 is 27.8 Å². The van der Waals surface area contributed by atoms with Crippen molar-refractivity contribution in [1.29, 1.82) is 0 Å². The van der Waals surface area contributed by atoms with Crippen LogP contribution in [0, 0.1) is 5.92 Å². The summed E-state index contributed by atoms with van der Waals surface area (Å²) in [5.74, 6) is -2.33. The predicted octanol–water partition coefficient (Wildman–Crippen LogP) is 4.85. The highest BCUT2D eigenvalue weighted by Crippen LogP contribution is 2.45. The van der Waals surface area contributed by atoms with Crippen molar-refractivity contribution in [2.45, 2.75) is 38.6 Å². The van der Waals surface area contributed by atoms with E-state index >= 15 is 0 Å². The summed E-state index contributed by atoms with van der Waals surface area (Å²) in [6.07, 6.45) is -2.71. The molecule has 2 aromatic rings. The largest absolute Gasteiger partial charge is 0.506 e. The molecule has 1 fully saturated rings. The Labute approximate surface area is 166 Å². The molecule has 0 aromatic heterocycles. The first kappa shape index (κ1) is 22.0. The number of halogens is 4. The highest BCUT2D eigenvalue weighted by Gasteiger charge is 2.40. The molecule has 0 saturated heterocycles. The fourth-order valence-corrected chi connectivity index (χ4v) is 2.99. The van der Waals surface area contributed by atoms with Crippen LogP contribution in [0.25, 0.3) is 0 Å². The van der Waals surface area contributed by atoms with Crippen molar-refractivity contribution in [3.63, 3.8) is 0 Å². The lowest BCUT2D eigenvalue weighted by Gasteiger charge is -2.25. The molecule has 1 saturated carbocycles. The topological polar surface area (TPSA) is 72.5 Å². The van der Waals surface area contributed by atoms with Crippen molar-refractivity contribution in [2.75, 3.05) is 0 Å². The Morgan fingerprint density at radius 3 is 2.21 bits per heavy atom. The van der Waals surface area contributed by atoms with Crippen LogP contribution < -0.4 is 10.5 Å². The molecule has 0 heterocycles. The average Bonchev–Trinajstić information content (AvgIpc) is 2.57. The molecule has 0 radical (unpaired) electrons. The number of alkyl halides is 3. The van der Waals surface area contributed by atoms with Crippen LogP contribution in [0.4, 0.5) is 13.2 Å². The second-order valence-corrected chi connectivity index (χ2v) is 6.63. The Balaban J connectivity index is 0.00000280. The molecule has 0 bridgehead atoms. The molecule has 152 valence electrons. The van der Waals surface area contributed by atoms with Gasteiger partial charge >= 0.3 is 6.18 Å². The molecule has 0 amide bonds. The van der Waals surface area contributed by atoms with Gasteiger partial charge < -0.3 is 15.6 Å².